The Bertz CT molecular complexity index is 1160. The van der Waals surface area contributed by atoms with Crippen LogP contribution in [0.3, 0.4) is 0 Å². The molecule has 0 bridgehead atoms. The van der Waals surface area contributed by atoms with Gasteiger partial charge in [-0.25, -0.2) is 14.6 Å². The summed E-state index contributed by atoms with van der Waals surface area (Å²) in [6.45, 7) is 5.99. The Morgan fingerprint density at radius 2 is 2.00 bits per heavy atom. The molecule has 10 heteroatoms. The predicted octanol–water partition coefficient (Wildman–Crippen LogP) is 3.51. The van der Waals surface area contributed by atoms with Crippen molar-refractivity contribution in [1.82, 2.24) is 19.7 Å². The molecule has 3 N–H and O–H groups in total. The van der Waals surface area contributed by atoms with Gasteiger partial charge in [0.25, 0.3) is 0 Å². The summed E-state index contributed by atoms with van der Waals surface area (Å²) in [7, 11) is 0. The van der Waals surface area contributed by atoms with Crippen LogP contribution in [0, 0.1) is 5.41 Å². The van der Waals surface area contributed by atoms with Crippen molar-refractivity contribution < 1.29 is 9.84 Å². The van der Waals surface area contributed by atoms with Gasteiger partial charge in [0.1, 0.15) is 11.2 Å². The van der Waals surface area contributed by atoms with Crippen LogP contribution in [0.4, 0.5) is 5.82 Å². The Morgan fingerprint density at radius 3 is 2.66 bits per heavy atom. The van der Waals surface area contributed by atoms with E-state index in [0.717, 1.165) is 25.9 Å². The lowest BCUT2D eigenvalue weighted by atomic mass is 9.73. The first-order valence-electron chi connectivity index (χ1n) is 10.8. The second-order valence-electron chi connectivity index (χ2n) is 8.84. The summed E-state index contributed by atoms with van der Waals surface area (Å²) in [5.74, 6) is 0.680. The summed E-state index contributed by atoms with van der Waals surface area (Å²) in [4.78, 5) is 11.8. The lowest BCUT2D eigenvalue weighted by Gasteiger charge is -2.42. The fourth-order valence-corrected chi connectivity index (χ4v) is 5.21. The van der Waals surface area contributed by atoms with E-state index in [2.05, 4.69) is 10.00 Å². The van der Waals surface area contributed by atoms with E-state index in [0.29, 0.717) is 45.0 Å². The number of benzene rings is 1. The minimum Gasteiger partial charge on any atom is -0.387 e. The van der Waals surface area contributed by atoms with Gasteiger partial charge < -0.3 is 20.5 Å². The van der Waals surface area contributed by atoms with Gasteiger partial charge in [0.2, 0.25) is 0 Å². The van der Waals surface area contributed by atoms with Crippen LogP contribution in [0.5, 0.6) is 0 Å². The normalized spacial score (nSPS) is 23.9. The molecular formula is C22H26Cl2N6O2. The van der Waals surface area contributed by atoms with Crippen molar-refractivity contribution >= 4 is 40.2 Å². The third-order valence-electron chi connectivity index (χ3n) is 6.87. The Labute approximate surface area is 196 Å². The Hall–Kier alpha value is -1.97. The molecule has 2 saturated heterocycles. The Morgan fingerprint density at radius 1 is 1.25 bits per heavy atom. The number of nitrogens with two attached hydrogens (primary N) is 1. The molecule has 2 fully saturated rings. The van der Waals surface area contributed by atoms with Crippen LogP contribution in [0.2, 0.25) is 10.0 Å². The zero-order chi connectivity index (χ0) is 22.6. The van der Waals surface area contributed by atoms with Gasteiger partial charge >= 0.3 is 0 Å². The Kier molecular flexibility index (Phi) is 5.54. The summed E-state index contributed by atoms with van der Waals surface area (Å²) >= 11 is 12.6. The molecule has 1 unspecified atom stereocenters. The minimum absolute atomic E-state index is 0.00660. The van der Waals surface area contributed by atoms with Crippen molar-refractivity contribution in [3.05, 3.63) is 40.1 Å². The van der Waals surface area contributed by atoms with Gasteiger partial charge in [0, 0.05) is 24.5 Å². The fraction of sp³-hybridized carbons (Fsp3) is 0.500. The first kappa shape index (κ1) is 21.9. The summed E-state index contributed by atoms with van der Waals surface area (Å²) in [6, 6.07) is 5.37. The average Bonchev–Trinajstić information content (AvgIpc) is 3.32. The standard InChI is InChI=1S/C22H26Cl2N6O2/c1-12(31)18-21(29-8-6-22(7-9-29)11-32-13(2)19(22)25)27-15-10-26-30(20(15)28-18)16-5-3-4-14(23)17(16)24/h3-5,10,12-13,19,31H,6-9,11,25H2,1-2H3/t12?,13-,19+/m0/s1. The molecule has 0 aliphatic carbocycles. The number of aromatic nitrogens is 4. The molecule has 0 radical (unpaired) electrons. The van der Waals surface area contributed by atoms with E-state index in [1.54, 1.807) is 29.9 Å². The van der Waals surface area contributed by atoms with Crippen molar-refractivity contribution in [3.63, 3.8) is 0 Å². The number of hydrogen-bond donors (Lipinski definition) is 2. The number of fused-ring (bicyclic) bond motifs is 1. The molecule has 1 aromatic carbocycles. The average molecular weight is 477 g/mol. The zero-order valence-corrected chi connectivity index (χ0v) is 19.5. The van der Waals surface area contributed by atoms with Crippen LogP contribution in [-0.2, 0) is 4.74 Å². The third-order valence-corrected chi connectivity index (χ3v) is 7.68. The van der Waals surface area contributed by atoms with E-state index >= 15 is 0 Å². The molecule has 5 rings (SSSR count). The summed E-state index contributed by atoms with van der Waals surface area (Å²) in [5.41, 5.74) is 8.72. The number of aliphatic hydroxyl groups is 1. The lowest BCUT2D eigenvalue weighted by molar-refractivity contribution is 0.0973. The molecule has 0 amide bonds. The molecule has 32 heavy (non-hydrogen) atoms. The van der Waals surface area contributed by atoms with Crippen molar-refractivity contribution in [2.45, 2.75) is 44.9 Å². The van der Waals surface area contributed by atoms with Crippen molar-refractivity contribution in [3.8, 4) is 5.69 Å². The number of hydrogen-bond acceptors (Lipinski definition) is 7. The highest BCUT2D eigenvalue weighted by molar-refractivity contribution is 6.43. The highest BCUT2D eigenvalue weighted by Crippen LogP contribution is 2.42. The van der Waals surface area contributed by atoms with Gasteiger partial charge in [0.05, 0.1) is 40.7 Å². The Balaban J connectivity index is 1.51. The van der Waals surface area contributed by atoms with Gasteiger partial charge in [-0.15, -0.1) is 0 Å². The van der Waals surface area contributed by atoms with Gasteiger partial charge in [0.15, 0.2) is 11.5 Å². The van der Waals surface area contributed by atoms with Crippen LogP contribution in [0.15, 0.2) is 24.4 Å². The van der Waals surface area contributed by atoms with E-state index in [9.17, 15) is 5.11 Å². The van der Waals surface area contributed by atoms with Crippen LogP contribution in [0.25, 0.3) is 16.9 Å². The quantitative estimate of drug-likeness (QED) is 0.595. The number of nitrogens with zero attached hydrogens (tertiary/aromatic N) is 5. The highest BCUT2D eigenvalue weighted by atomic mass is 35.5. The van der Waals surface area contributed by atoms with E-state index in [-0.39, 0.29) is 17.6 Å². The predicted molar refractivity (Wildman–Crippen MR) is 125 cm³/mol. The fourth-order valence-electron chi connectivity index (χ4n) is 4.83. The SMILES string of the molecule is CC(O)c1nc2c(cnn2-c2cccc(Cl)c2Cl)nc1N1CCC2(CC1)CO[C@@H](C)[C@H]2N. The topological polar surface area (TPSA) is 102 Å². The van der Waals surface area contributed by atoms with Crippen LogP contribution in [0.1, 0.15) is 38.5 Å². The summed E-state index contributed by atoms with van der Waals surface area (Å²) in [5, 5.41) is 15.8. The van der Waals surface area contributed by atoms with Gasteiger partial charge in [-0.05, 0) is 38.8 Å². The molecule has 2 aromatic heterocycles. The summed E-state index contributed by atoms with van der Waals surface area (Å²) in [6.07, 6.45) is 2.76. The number of anilines is 1. The first-order valence-corrected chi connectivity index (χ1v) is 11.6. The third kappa shape index (κ3) is 3.45. The van der Waals surface area contributed by atoms with Crippen LogP contribution in [-0.4, -0.2) is 56.7 Å². The van der Waals surface area contributed by atoms with Crippen molar-refractivity contribution in [2.75, 3.05) is 24.6 Å². The van der Waals surface area contributed by atoms with Gasteiger partial charge in [-0.2, -0.15) is 5.10 Å². The number of rotatable bonds is 3. The maximum absolute atomic E-state index is 10.5. The second-order valence-corrected chi connectivity index (χ2v) is 9.62. The number of piperidine rings is 1. The largest absolute Gasteiger partial charge is 0.387 e. The molecule has 2 aliphatic heterocycles. The lowest BCUT2D eigenvalue weighted by Crippen LogP contribution is -2.51. The smallest absolute Gasteiger partial charge is 0.182 e. The van der Waals surface area contributed by atoms with Gasteiger partial charge in [-0.3, -0.25) is 0 Å². The van der Waals surface area contributed by atoms with Crippen molar-refractivity contribution in [1.29, 1.82) is 0 Å². The zero-order valence-electron chi connectivity index (χ0n) is 18.0. The number of halogens is 2. The molecule has 2 aliphatic rings. The first-order chi connectivity index (χ1) is 15.3. The molecule has 1 spiro atoms. The minimum atomic E-state index is -0.798. The highest BCUT2D eigenvalue weighted by Gasteiger charge is 2.47. The maximum atomic E-state index is 10.5. The van der Waals surface area contributed by atoms with Crippen LogP contribution >= 0.6 is 23.2 Å². The summed E-state index contributed by atoms with van der Waals surface area (Å²) < 4.78 is 7.44. The molecule has 170 valence electrons. The number of ether oxygens (including phenoxy) is 1. The van der Waals surface area contributed by atoms with Crippen LogP contribution < -0.4 is 10.6 Å². The monoisotopic (exact) mass is 476 g/mol. The molecule has 0 saturated carbocycles. The molecule has 3 aromatic rings. The molecule has 4 heterocycles. The number of aliphatic hydroxyl groups excluding tert-OH is 1. The molecular weight excluding hydrogens is 451 g/mol. The van der Waals surface area contributed by atoms with E-state index in [4.69, 9.17) is 43.6 Å². The van der Waals surface area contributed by atoms with E-state index < -0.39 is 6.10 Å². The molecule has 3 atom stereocenters. The molecule has 8 nitrogen and oxygen atoms in total. The maximum Gasteiger partial charge on any atom is 0.182 e. The second kappa shape index (κ2) is 8.11. The van der Waals surface area contributed by atoms with Crippen molar-refractivity contribution in [2.24, 2.45) is 11.1 Å². The van der Waals surface area contributed by atoms with E-state index in [1.807, 2.05) is 13.0 Å². The van der Waals surface area contributed by atoms with Gasteiger partial charge in [-0.1, -0.05) is 29.3 Å². The van der Waals surface area contributed by atoms with E-state index in [1.165, 1.54) is 0 Å².